The van der Waals surface area contributed by atoms with Crippen molar-refractivity contribution < 1.29 is 13.3 Å². The molecule has 0 spiro atoms. The van der Waals surface area contributed by atoms with E-state index < -0.39 is 9.84 Å². The first-order valence-electron chi connectivity index (χ1n) is 7.49. The SMILES string of the molecule is O=[N+]([O-])c1ccc(Br)cc1N1CCN(C2CCS(=O)(=O)C2)CC1. The smallest absolute Gasteiger partial charge is 0.292 e. The molecule has 1 aromatic rings. The lowest BCUT2D eigenvalue weighted by atomic mass is 10.1. The molecule has 0 radical (unpaired) electrons. The molecule has 2 aliphatic heterocycles. The third kappa shape index (κ3) is 3.67. The monoisotopic (exact) mass is 403 g/mol. The summed E-state index contributed by atoms with van der Waals surface area (Å²) in [6.45, 7) is 2.77. The van der Waals surface area contributed by atoms with E-state index in [4.69, 9.17) is 0 Å². The van der Waals surface area contributed by atoms with Gasteiger partial charge in [-0.2, -0.15) is 0 Å². The molecule has 2 heterocycles. The van der Waals surface area contributed by atoms with E-state index in [1.165, 1.54) is 6.07 Å². The number of hydrogen-bond acceptors (Lipinski definition) is 6. The number of halogens is 1. The number of sulfone groups is 1. The highest BCUT2D eigenvalue weighted by Crippen LogP contribution is 2.32. The second kappa shape index (κ2) is 6.37. The van der Waals surface area contributed by atoms with Crippen LogP contribution in [0.2, 0.25) is 0 Å². The molecule has 0 aromatic heterocycles. The first kappa shape index (κ1) is 16.7. The van der Waals surface area contributed by atoms with Crippen molar-refractivity contribution in [3.8, 4) is 0 Å². The van der Waals surface area contributed by atoms with Crippen molar-refractivity contribution >= 4 is 37.1 Å². The minimum atomic E-state index is -2.88. The molecule has 7 nitrogen and oxygen atoms in total. The Bertz CT molecular complexity index is 717. The summed E-state index contributed by atoms with van der Waals surface area (Å²) in [5.41, 5.74) is 0.716. The van der Waals surface area contributed by atoms with Gasteiger partial charge in [0.15, 0.2) is 9.84 Å². The van der Waals surface area contributed by atoms with Crippen LogP contribution in [0.4, 0.5) is 11.4 Å². The number of hydrogen-bond donors (Lipinski definition) is 0. The van der Waals surface area contributed by atoms with Gasteiger partial charge in [-0.05, 0) is 18.6 Å². The average molecular weight is 404 g/mol. The molecule has 9 heteroatoms. The Morgan fingerprint density at radius 1 is 1.22 bits per heavy atom. The Labute approximate surface area is 143 Å². The van der Waals surface area contributed by atoms with E-state index in [1.807, 2.05) is 4.90 Å². The molecular weight excluding hydrogens is 386 g/mol. The van der Waals surface area contributed by atoms with E-state index in [0.29, 0.717) is 25.2 Å². The molecule has 0 N–H and O–H groups in total. The molecule has 23 heavy (non-hydrogen) atoms. The summed E-state index contributed by atoms with van der Waals surface area (Å²) in [4.78, 5) is 15.0. The van der Waals surface area contributed by atoms with Crippen LogP contribution in [0.25, 0.3) is 0 Å². The van der Waals surface area contributed by atoms with E-state index >= 15 is 0 Å². The molecule has 2 aliphatic rings. The molecule has 1 atom stereocenters. The summed E-state index contributed by atoms with van der Waals surface area (Å²) in [6.07, 6.45) is 0.694. The highest BCUT2D eigenvalue weighted by molar-refractivity contribution is 9.10. The van der Waals surface area contributed by atoms with Gasteiger partial charge in [-0.3, -0.25) is 15.0 Å². The minimum absolute atomic E-state index is 0.0969. The average Bonchev–Trinajstić information content (AvgIpc) is 2.87. The van der Waals surface area contributed by atoms with Crippen LogP contribution in [0.3, 0.4) is 0 Å². The number of nitrogens with zero attached hydrogens (tertiary/aromatic N) is 3. The molecule has 0 amide bonds. The van der Waals surface area contributed by atoms with Crippen molar-refractivity contribution in [1.82, 2.24) is 4.90 Å². The van der Waals surface area contributed by atoms with Crippen LogP contribution < -0.4 is 4.90 Å². The fourth-order valence-corrected chi connectivity index (χ4v) is 5.41. The zero-order chi connectivity index (χ0) is 16.6. The lowest BCUT2D eigenvalue weighted by Crippen LogP contribution is -2.50. The topological polar surface area (TPSA) is 83.8 Å². The van der Waals surface area contributed by atoms with E-state index in [9.17, 15) is 18.5 Å². The standard InChI is InChI=1S/C14H18BrN3O4S/c15-11-1-2-13(18(19)20)14(9-11)17-6-4-16(5-7-17)12-3-8-23(21,22)10-12/h1-2,9,12H,3-8,10H2. The second-order valence-electron chi connectivity index (χ2n) is 5.97. The third-order valence-corrected chi connectivity index (χ3v) is 6.76. The van der Waals surface area contributed by atoms with Crippen molar-refractivity contribution in [2.75, 3.05) is 42.6 Å². The molecule has 2 fully saturated rings. The number of rotatable bonds is 3. The number of nitro benzene ring substituents is 1. The van der Waals surface area contributed by atoms with Gasteiger partial charge in [-0.15, -0.1) is 0 Å². The van der Waals surface area contributed by atoms with Crippen molar-refractivity contribution in [1.29, 1.82) is 0 Å². The van der Waals surface area contributed by atoms with Crippen molar-refractivity contribution in [3.63, 3.8) is 0 Å². The van der Waals surface area contributed by atoms with Gasteiger partial charge in [-0.1, -0.05) is 15.9 Å². The number of piperazine rings is 1. The zero-order valence-corrected chi connectivity index (χ0v) is 14.9. The van der Waals surface area contributed by atoms with Gasteiger partial charge in [0, 0.05) is 42.8 Å². The summed E-state index contributed by atoms with van der Waals surface area (Å²) < 4.78 is 24.0. The van der Waals surface area contributed by atoms with Crippen LogP contribution in [-0.4, -0.2) is 62.0 Å². The van der Waals surface area contributed by atoms with Gasteiger partial charge in [0.05, 0.1) is 16.4 Å². The summed E-state index contributed by atoms with van der Waals surface area (Å²) in [7, 11) is -2.88. The molecule has 2 saturated heterocycles. The maximum atomic E-state index is 11.6. The van der Waals surface area contributed by atoms with E-state index in [0.717, 1.165) is 17.6 Å². The van der Waals surface area contributed by atoms with Crippen LogP contribution >= 0.6 is 15.9 Å². The van der Waals surface area contributed by atoms with Gasteiger partial charge < -0.3 is 4.90 Å². The number of anilines is 1. The molecular formula is C14H18BrN3O4S. The fraction of sp³-hybridized carbons (Fsp3) is 0.571. The minimum Gasteiger partial charge on any atom is -0.363 e. The van der Waals surface area contributed by atoms with Crippen LogP contribution in [-0.2, 0) is 9.84 Å². The highest BCUT2D eigenvalue weighted by atomic mass is 79.9. The summed E-state index contributed by atoms with van der Waals surface area (Å²) in [5, 5.41) is 11.2. The lowest BCUT2D eigenvalue weighted by molar-refractivity contribution is -0.384. The Kier molecular flexibility index (Phi) is 4.61. The van der Waals surface area contributed by atoms with Gasteiger partial charge in [0.1, 0.15) is 5.69 Å². The van der Waals surface area contributed by atoms with E-state index in [-0.39, 0.29) is 28.2 Å². The zero-order valence-electron chi connectivity index (χ0n) is 12.5. The Hall–Kier alpha value is -1.19. The van der Waals surface area contributed by atoms with E-state index in [1.54, 1.807) is 12.1 Å². The van der Waals surface area contributed by atoms with Gasteiger partial charge in [0.2, 0.25) is 0 Å². The predicted octanol–water partition coefficient (Wildman–Crippen LogP) is 1.67. The molecule has 0 saturated carbocycles. The molecule has 0 aliphatic carbocycles. The van der Waals surface area contributed by atoms with Crippen molar-refractivity contribution in [2.45, 2.75) is 12.5 Å². The lowest BCUT2D eigenvalue weighted by Gasteiger charge is -2.38. The van der Waals surface area contributed by atoms with Crippen molar-refractivity contribution in [3.05, 3.63) is 32.8 Å². The normalized spacial score (nSPS) is 24.7. The third-order valence-electron chi connectivity index (χ3n) is 4.51. The number of benzene rings is 1. The highest BCUT2D eigenvalue weighted by Gasteiger charge is 2.34. The molecule has 126 valence electrons. The summed E-state index contributed by atoms with van der Waals surface area (Å²) in [6, 6.07) is 5.05. The Morgan fingerprint density at radius 2 is 1.91 bits per heavy atom. The number of nitro groups is 1. The Morgan fingerprint density at radius 3 is 2.48 bits per heavy atom. The van der Waals surface area contributed by atoms with Gasteiger partial charge >= 0.3 is 0 Å². The first-order chi connectivity index (χ1) is 10.9. The van der Waals surface area contributed by atoms with Crippen LogP contribution in [0, 0.1) is 10.1 Å². The van der Waals surface area contributed by atoms with Crippen LogP contribution in [0.15, 0.2) is 22.7 Å². The quantitative estimate of drug-likeness (QED) is 0.563. The molecule has 3 rings (SSSR count). The molecule has 1 unspecified atom stereocenters. The van der Waals surface area contributed by atoms with Crippen LogP contribution in [0.5, 0.6) is 0 Å². The summed E-state index contributed by atoms with van der Waals surface area (Å²) in [5.74, 6) is 0.513. The Balaban J connectivity index is 1.70. The van der Waals surface area contributed by atoms with Crippen molar-refractivity contribution in [2.24, 2.45) is 0 Å². The van der Waals surface area contributed by atoms with E-state index in [2.05, 4.69) is 20.8 Å². The van der Waals surface area contributed by atoms with Gasteiger partial charge in [0.25, 0.3) is 5.69 Å². The maximum Gasteiger partial charge on any atom is 0.292 e. The molecule has 0 bridgehead atoms. The first-order valence-corrected chi connectivity index (χ1v) is 10.1. The largest absolute Gasteiger partial charge is 0.363 e. The maximum absolute atomic E-state index is 11.6. The summed E-state index contributed by atoms with van der Waals surface area (Å²) >= 11 is 3.36. The fourth-order valence-electron chi connectivity index (χ4n) is 3.30. The molecule has 1 aromatic carbocycles. The van der Waals surface area contributed by atoms with Crippen LogP contribution in [0.1, 0.15) is 6.42 Å². The second-order valence-corrected chi connectivity index (χ2v) is 9.11. The predicted molar refractivity (Wildman–Crippen MR) is 91.6 cm³/mol. The van der Waals surface area contributed by atoms with Gasteiger partial charge in [-0.25, -0.2) is 8.42 Å².